The second-order valence-corrected chi connectivity index (χ2v) is 6.06. The van der Waals surface area contributed by atoms with Crippen molar-refractivity contribution in [2.24, 2.45) is 11.8 Å². The van der Waals surface area contributed by atoms with Gasteiger partial charge < -0.3 is 10.6 Å². The zero-order chi connectivity index (χ0) is 11.4. The molecule has 2 aliphatic rings. The van der Waals surface area contributed by atoms with E-state index in [9.17, 15) is 0 Å². The van der Waals surface area contributed by atoms with E-state index in [1.54, 1.807) is 0 Å². The van der Waals surface area contributed by atoms with Gasteiger partial charge in [0.2, 0.25) is 0 Å². The molecule has 3 atom stereocenters. The summed E-state index contributed by atoms with van der Waals surface area (Å²) < 4.78 is 0. The van der Waals surface area contributed by atoms with Crippen molar-refractivity contribution in [3.8, 4) is 0 Å². The maximum atomic E-state index is 3.79. The van der Waals surface area contributed by atoms with E-state index in [-0.39, 0.29) is 0 Å². The molecule has 1 saturated heterocycles. The van der Waals surface area contributed by atoms with Crippen LogP contribution in [0.4, 0.5) is 0 Å². The molecule has 1 aliphatic carbocycles. The molecule has 2 heteroatoms. The van der Waals surface area contributed by atoms with E-state index < -0.39 is 0 Å². The van der Waals surface area contributed by atoms with E-state index in [1.807, 2.05) is 0 Å². The number of hydrogen-bond donors (Lipinski definition) is 2. The highest BCUT2D eigenvalue weighted by Crippen LogP contribution is 2.31. The number of piperidine rings is 1. The molecule has 3 unspecified atom stereocenters. The fourth-order valence-electron chi connectivity index (χ4n) is 3.36. The highest BCUT2D eigenvalue weighted by molar-refractivity contribution is 4.92. The number of rotatable bonds is 4. The molecule has 0 amide bonds. The fourth-order valence-corrected chi connectivity index (χ4v) is 3.36. The standard InChI is InChI=1S/C14H28N2/c1-11(2)10-16-14-8-5-6-12(14)13-7-3-4-9-15-13/h11-16H,3-10H2,1-2H3. The van der Waals surface area contributed by atoms with E-state index in [0.29, 0.717) is 0 Å². The number of nitrogens with one attached hydrogen (secondary N) is 2. The lowest BCUT2D eigenvalue weighted by molar-refractivity contribution is 0.254. The van der Waals surface area contributed by atoms with Crippen molar-refractivity contribution in [3.05, 3.63) is 0 Å². The van der Waals surface area contributed by atoms with Gasteiger partial charge >= 0.3 is 0 Å². The van der Waals surface area contributed by atoms with Gasteiger partial charge in [0.05, 0.1) is 0 Å². The van der Waals surface area contributed by atoms with Crippen molar-refractivity contribution in [3.63, 3.8) is 0 Å². The first kappa shape index (κ1) is 12.4. The van der Waals surface area contributed by atoms with Crippen molar-refractivity contribution in [1.82, 2.24) is 10.6 Å². The van der Waals surface area contributed by atoms with Gasteiger partial charge in [-0.1, -0.05) is 26.7 Å². The van der Waals surface area contributed by atoms with Crippen LogP contribution < -0.4 is 10.6 Å². The Hall–Kier alpha value is -0.0800. The molecule has 0 aromatic carbocycles. The fraction of sp³-hybridized carbons (Fsp3) is 1.00. The lowest BCUT2D eigenvalue weighted by Gasteiger charge is -2.33. The Morgan fingerprint density at radius 3 is 2.69 bits per heavy atom. The minimum atomic E-state index is 0.778. The topological polar surface area (TPSA) is 24.1 Å². The summed E-state index contributed by atoms with van der Waals surface area (Å²) in [6.45, 7) is 7.04. The molecule has 2 N–H and O–H groups in total. The van der Waals surface area contributed by atoms with Crippen LogP contribution in [0, 0.1) is 11.8 Å². The van der Waals surface area contributed by atoms with Crippen molar-refractivity contribution in [1.29, 1.82) is 0 Å². The lowest BCUT2D eigenvalue weighted by Crippen LogP contribution is -2.47. The van der Waals surface area contributed by atoms with Crippen LogP contribution in [0.15, 0.2) is 0 Å². The van der Waals surface area contributed by atoms with Crippen LogP contribution in [0.3, 0.4) is 0 Å². The number of hydrogen-bond acceptors (Lipinski definition) is 2. The van der Waals surface area contributed by atoms with Gasteiger partial charge in [0, 0.05) is 12.1 Å². The average Bonchev–Trinajstić information content (AvgIpc) is 2.75. The Labute approximate surface area is 101 Å². The molecule has 94 valence electrons. The summed E-state index contributed by atoms with van der Waals surface area (Å²) >= 11 is 0. The van der Waals surface area contributed by atoms with E-state index in [1.165, 1.54) is 51.6 Å². The Kier molecular flexibility index (Phi) is 4.66. The average molecular weight is 224 g/mol. The maximum Gasteiger partial charge on any atom is 0.0110 e. The monoisotopic (exact) mass is 224 g/mol. The Bertz CT molecular complexity index is 197. The van der Waals surface area contributed by atoms with Crippen LogP contribution in [-0.2, 0) is 0 Å². The van der Waals surface area contributed by atoms with Crippen molar-refractivity contribution >= 4 is 0 Å². The molecule has 2 fully saturated rings. The second kappa shape index (κ2) is 6.02. The maximum absolute atomic E-state index is 3.79. The van der Waals surface area contributed by atoms with E-state index in [4.69, 9.17) is 0 Å². The van der Waals surface area contributed by atoms with Crippen LogP contribution in [0.5, 0.6) is 0 Å². The normalized spacial score (nSPS) is 35.8. The van der Waals surface area contributed by atoms with Crippen molar-refractivity contribution in [2.75, 3.05) is 13.1 Å². The summed E-state index contributed by atoms with van der Waals surface area (Å²) in [5.74, 6) is 1.68. The largest absolute Gasteiger partial charge is 0.314 e. The van der Waals surface area contributed by atoms with Crippen LogP contribution >= 0.6 is 0 Å². The zero-order valence-corrected chi connectivity index (χ0v) is 11.0. The SMILES string of the molecule is CC(C)CNC1CCCC1C1CCCCN1. The highest BCUT2D eigenvalue weighted by atomic mass is 15.0. The quantitative estimate of drug-likeness (QED) is 0.767. The minimum absolute atomic E-state index is 0.778. The predicted molar refractivity (Wildman–Crippen MR) is 69.6 cm³/mol. The summed E-state index contributed by atoms with van der Waals surface area (Å²) in [6.07, 6.45) is 8.49. The molecule has 0 radical (unpaired) electrons. The van der Waals surface area contributed by atoms with Gasteiger partial charge in [0.15, 0.2) is 0 Å². The molecule has 2 nitrogen and oxygen atoms in total. The van der Waals surface area contributed by atoms with Gasteiger partial charge in [-0.05, 0) is 50.6 Å². The van der Waals surface area contributed by atoms with Crippen LogP contribution in [0.1, 0.15) is 52.4 Å². The molecule has 0 spiro atoms. The first-order valence-electron chi connectivity index (χ1n) is 7.24. The Morgan fingerprint density at radius 2 is 2.00 bits per heavy atom. The zero-order valence-electron chi connectivity index (χ0n) is 11.0. The summed E-state index contributed by atoms with van der Waals surface area (Å²) in [7, 11) is 0. The van der Waals surface area contributed by atoms with Crippen LogP contribution in [-0.4, -0.2) is 25.2 Å². The van der Waals surface area contributed by atoms with Gasteiger partial charge in [-0.15, -0.1) is 0 Å². The summed E-state index contributed by atoms with van der Waals surface area (Å²) in [6, 6.07) is 1.60. The molecule has 0 aromatic heterocycles. The molecule has 0 aromatic rings. The summed E-state index contributed by atoms with van der Waals surface area (Å²) in [5.41, 5.74) is 0. The van der Waals surface area contributed by atoms with E-state index in [0.717, 1.165) is 23.9 Å². The molecule has 2 rings (SSSR count). The molecular weight excluding hydrogens is 196 g/mol. The molecule has 16 heavy (non-hydrogen) atoms. The third-order valence-corrected chi connectivity index (χ3v) is 4.22. The second-order valence-electron chi connectivity index (χ2n) is 6.06. The van der Waals surface area contributed by atoms with Crippen LogP contribution in [0.2, 0.25) is 0 Å². The third kappa shape index (κ3) is 3.21. The lowest BCUT2D eigenvalue weighted by atomic mass is 9.88. The molecule has 1 aliphatic heterocycles. The molecule has 1 heterocycles. The highest BCUT2D eigenvalue weighted by Gasteiger charge is 2.33. The molecule has 1 saturated carbocycles. The van der Waals surface area contributed by atoms with Gasteiger partial charge in [-0.25, -0.2) is 0 Å². The first-order valence-corrected chi connectivity index (χ1v) is 7.24. The minimum Gasteiger partial charge on any atom is -0.314 e. The van der Waals surface area contributed by atoms with Crippen LogP contribution in [0.25, 0.3) is 0 Å². The van der Waals surface area contributed by atoms with Crippen molar-refractivity contribution in [2.45, 2.75) is 64.5 Å². The van der Waals surface area contributed by atoms with Gasteiger partial charge in [0.25, 0.3) is 0 Å². The van der Waals surface area contributed by atoms with E-state index >= 15 is 0 Å². The van der Waals surface area contributed by atoms with Gasteiger partial charge in [0.1, 0.15) is 0 Å². The predicted octanol–water partition coefficient (Wildman–Crippen LogP) is 2.54. The Balaban J connectivity index is 1.82. The van der Waals surface area contributed by atoms with E-state index in [2.05, 4.69) is 24.5 Å². The van der Waals surface area contributed by atoms with Crippen molar-refractivity contribution < 1.29 is 0 Å². The van der Waals surface area contributed by atoms with Gasteiger partial charge in [-0.2, -0.15) is 0 Å². The van der Waals surface area contributed by atoms with Gasteiger partial charge in [-0.3, -0.25) is 0 Å². The molecule has 0 bridgehead atoms. The first-order chi connectivity index (χ1) is 7.77. The Morgan fingerprint density at radius 1 is 1.12 bits per heavy atom. The summed E-state index contributed by atoms with van der Waals surface area (Å²) in [4.78, 5) is 0. The summed E-state index contributed by atoms with van der Waals surface area (Å²) in [5, 5.41) is 7.53. The molecular formula is C14H28N2. The third-order valence-electron chi connectivity index (χ3n) is 4.22. The smallest absolute Gasteiger partial charge is 0.0110 e.